The highest BCUT2D eigenvalue weighted by atomic mass is 35.5. The molecule has 116 valence electrons. The number of hydrogen-bond acceptors (Lipinski definition) is 3. The fraction of sp³-hybridized carbons (Fsp3) is 0.0769. The number of hydrogen-bond donors (Lipinski definition) is 0. The van der Waals surface area contributed by atoms with Crippen LogP contribution in [0, 0.1) is 15.9 Å². The molecule has 0 atom stereocenters. The molecule has 0 bridgehead atoms. The molecule has 0 aliphatic rings. The molecule has 0 fully saturated rings. The molecule has 2 aromatic carbocycles. The van der Waals surface area contributed by atoms with Gasteiger partial charge in [0.25, 0.3) is 5.69 Å². The normalized spacial score (nSPS) is 11.3. The van der Waals surface area contributed by atoms with Crippen molar-refractivity contribution in [3.05, 3.63) is 62.9 Å². The molecule has 0 N–H and O–H groups in total. The predicted molar refractivity (Wildman–Crippen MR) is 69.6 cm³/mol. The average molecular weight is 336 g/mol. The van der Waals surface area contributed by atoms with E-state index in [-0.39, 0.29) is 17.2 Å². The summed E-state index contributed by atoms with van der Waals surface area (Å²) >= 11 is 5.42. The second kappa shape index (κ2) is 5.80. The third-order valence-corrected chi connectivity index (χ3v) is 2.86. The quantitative estimate of drug-likeness (QED) is 0.440. The number of ether oxygens (including phenoxy) is 1. The summed E-state index contributed by atoms with van der Waals surface area (Å²) in [7, 11) is 0. The number of non-ortho nitro benzene ring substituents is 1. The van der Waals surface area contributed by atoms with Gasteiger partial charge in [-0.15, -0.1) is 0 Å². The number of halogens is 5. The summed E-state index contributed by atoms with van der Waals surface area (Å²) in [6.45, 7) is 0. The lowest BCUT2D eigenvalue weighted by atomic mass is 10.2. The van der Waals surface area contributed by atoms with Crippen molar-refractivity contribution in [2.45, 2.75) is 6.18 Å². The topological polar surface area (TPSA) is 52.4 Å². The second-order valence-electron chi connectivity index (χ2n) is 4.12. The van der Waals surface area contributed by atoms with Gasteiger partial charge in [-0.2, -0.15) is 13.2 Å². The van der Waals surface area contributed by atoms with E-state index in [1.54, 1.807) is 0 Å². The average Bonchev–Trinajstić information content (AvgIpc) is 2.36. The molecule has 22 heavy (non-hydrogen) atoms. The summed E-state index contributed by atoms with van der Waals surface area (Å²) in [4.78, 5) is 9.94. The Labute approximate surface area is 126 Å². The summed E-state index contributed by atoms with van der Waals surface area (Å²) < 4.78 is 56.3. The Morgan fingerprint density at radius 2 is 1.82 bits per heavy atom. The van der Waals surface area contributed by atoms with Gasteiger partial charge in [0.2, 0.25) is 0 Å². The standard InChI is InChI=1S/C13H6ClF4NO3/c14-10-5-9(6-11(15)12(10)13(16,17)18)22-8-3-1-2-7(4-8)19(20)21/h1-6H. The summed E-state index contributed by atoms with van der Waals surface area (Å²) in [6.07, 6.45) is -4.94. The van der Waals surface area contributed by atoms with Crippen LogP contribution in [0.1, 0.15) is 5.56 Å². The number of nitro benzene ring substituents is 1. The Morgan fingerprint density at radius 1 is 1.14 bits per heavy atom. The third-order valence-electron chi connectivity index (χ3n) is 2.56. The monoisotopic (exact) mass is 335 g/mol. The van der Waals surface area contributed by atoms with Crippen molar-refractivity contribution in [3.63, 3.8) is 0 Å². The van der Waals surface area contributed by atoms with Gasteiger partial charge in [-0.1, -0.05) is 17.7 Å². The maximum Gasteiger partial charge on any atom is 0.420 e. The van der Waals surface area contributed by atoms with E-state index in [1.807, 2.05) is 0 Å². The summed E-state index contributed by atoms with van der Waals surface area (Å²) in [5.74, 6) is -1.94. The van der Waals surface area contributed by atoms with Gasteiger partial charge < -0.3 is 4.74 Å². The smallest absolute Gasteiger partial charge is 0.420 e. The molecule has 9 heteroatoms. The van der Waals surface area contributed by atoms with E-state index in [4.69, 9.17) is 16.3 Å². The van der Waals surface area contributed by atoms with E-state index >= 15 is 0 Å². The minimum absolute atomic E-state index is 0.0376. The molecular weight excluding hydrogens is 330 g/mol. The van der Waals surface area contributed by atoms with Crippen LogP contribution in [-0.4, -0.2) is 4.92 Å². The number of nitrogens with zero attached hydrogens (tertiary/aromatic N) is 1. The van der Waals surface area contributed by atoms with E-state index in [0.29, 0.717) is 6.07 Å². The van der Waals surface area contributed by atoms with Crippen LogP contribution in [0.25, 0.3) is 0 Å². The number of alkyl halides is 3. The molecule has 0 aliphatic heterocycles. The van der Waals surface area contributed by atoms with Gasteiger partial charge >= 0.3 is 6.18 Å². The van der Waals surface area contributed by atoms with Crippen LogP contribution in [0.3, 0.4) is 0 Å². The first kappa shape index (κ1) is 16.0. The van der Waals surface area contributed by atoms with Crippen LogP contribution in [0.15, 0.2) is 36.4 Å². The Balaban J connectivity index is 2.36. The first-order chi connectivity index (χ1) is 10.2. The van der Waals surface area contributed by atoms with Crippen LogP contribution >= 0.6 is 11.6 Å². The van der Waals surface area contributed by atoms with Gasteiger partial charge in [0.15, 0.2) is 0 Å². The van der Waals surface area contributed by atoms with E-state index < -0.39 is 27.5 Å². The lowest BCUT2D eigenvalue weighted by Crippen LogP contribution is -2.09. The van der Waals surface area contributed by atoms with E-state index in [1.165, 1.54) is 18.2 Å². The first-order valence-electron chi connectivity index (χ1n) is 5.67. The maximum atomic E-state index is 13.5. The molecule has 0 spiro atoms. The zero-order valence-electron chi connectivity index (χ0n) is 10.5. The van der Waals surface area contributed by atoms with Crippen molar-refractivity contribution < 1.29 is 27.2 Å². The molecular formula is C13H6ClF4NO3. The fourth-order valence-electron chi connectivity index (χ4n) is 1.68. The summed E-state index contributed by atoms with van der Waals surface area (Å²) in [6, 6.07) is 6.18. The van der Waals surface area contributed by atoms with Crippen molar-refractivity contribution in [2.24, 2.45) is 0 Å². The molecule has 0 unspecified atom stereocenters. The van der Waals surface area contributed by atoms with E-state index in [2.05, 4.69) is 0 Å². The number of rotatable bonds is 3. The van der Waals surface area contributed by atoms with Gasteiger partial charge in [0.05, 0.1) is 16.0 Å². The van der Waals surface area contributed by atoms with Gasteiger partial charge in [-0.3, -0.25) is 10.1 Å². The van der Waals surface area contributed by atoms with Crippen molar-refractivity contribution in [1.82, 2.24) is 0 Å². The largest absolute Gasteiger partial charge is 0.457 e. The van der Waals surface area contributed by atoms with Crippen LogP contribution in [0.5, 0.6) is 11.5 Å². The fourth-order valence-corrected chi connectivity index (χ4v) is 1.98. The summed E-state index contributed by atoms with van der Waals surface area (Å²) in [5, 5.41) is 9.75. The number of nitro groups is 1. The molecule has 4 nitrogen and oxygen atoms in total. The summed E-state index contributed by atoms with van der Waals surface area (Å²) in [5.41, 5.74) is -1.88. The van der Waals surface area contributed by atoms with E-state index in [0.717, 1.165) is 12.1 Å². The lowest BCUT2D eigenvalue weighted by Gasteiger charge is -2.12. The highest BCUT2D eigenvalue weighted by molar-refractivity contribution is 6.31. The molecule has 0 heterocycles. The van der Waals surface area contributed by atoms with Crippen LogP contribution in [0.4, 0.5) is 23.2 Å². The van der Waals surface area contributed by atoms with Crippen molar-refractivity contribution in [2.75, 3.05) is 0 Å². The first-order valence-corrected chi connectivity index (χ1v) is 6.05. The van der Waals surface area contributed by atoms with Crippen LogP contribution < -0.4 is 4.74 Å². The molecule has 0 saturated carbocycles. The Kier molecular flexibility index (Phi) is 4.23. The second-order valence-corrected chi connectivity index (χ2v) is 4.52. The van der Waals surface area contributed by atoms with Crippen LogP contribution in [0.2, 0.25) is 5.02 Å². The lowest BCUT2D eigenvalue weighted by molar-refractivity contribution is -0.384. The third kappa shape index (κ3) is 3.45. The SMILES string of the molecule is O=[N+]([O-])c1cccc(Oc2cc(F)c(C(F)(F)F)c(Cl)c2)c1. The highest BCUT2D eigenvalue weighted by Crippen LogP contribution is 2.39. The number of benzene rings is 2. The molecule has 0 aliphatic carbocycles. The minimum atomic E-state index is -4.94. The molecule has 0 aromatic heterocycles. The molecule has 0 saturated heterocycles. The van der Waals surface area contributed by atoms with Gasteiger partial charge in [0.1, 0.15) is 22.9 Å². The molecule has 0 amide bonds. The van der Waals surface area contributed by atoms with Crippen molar-refractivity contribution >= 4 is 17.3 Å². The van der Waals surface area contributed by atoms with Gasteiger partial charge in [-0.25, -0.2) is 4.39 Å². The van der Waals surface area contributed by atoms with Crippen molar-refractivity contribution in [3.8, 4) is 11.5 Å². The van der Waals surface area contributed by atoms with Gasteiger partial charge in [-0.05, 0) is 6.07 Å². The zero-order chi connectivity index (χ0) is 16.5. The maximum absolute atomic E-state index is 13.5. The zero-order valence-corrected chi connectivity index (χ0v) is 11.3. The Hall–Kier alpha value is -2.35. The van der Waals surface area contributed by atoms with Gasteiger partial charge in [0, 0.05) is 18.2 Å². The highest BCUT2D eigenvalue weighted by Gasteiger charge is 2.37. The van der Waals surface area contributed by atoms with Crippen LogP contribution in [-0.2, 0) is 6.18 Å². The molecule has 0 radical (unpaired) electrons. The molecule has 2 rings (SSSR count). The van der Waals surface area contributed by atoms with E-state index in [9.17, 15) is 27.7 Å². The Morgan fingerprint density at radius 3 is 2.36 bits per heavy atom. The molecule has 2 aromatic rings. The van der Waals surface area contributed by atoms with Crippen molar-refractivity contribution in [1.29, 1.82) is 0 Å². The predicted octanol–water partition coefficient (Wildman–Crippen LogP) is 5.20. The minimum Gasteiger partial charge on any atom is -0.457 e. The Bertz CT molecular complexity index is 710.